The molecule has 1 heterocycles. The van der Waals surface area contributed by atoms with Crippen LogP contribution < -0.4 is 4.74 Å². The molecule has 20 heavy (non-hydrogen) atoms. The Hall–Kier alpha value is -2.01. The van der Waals surface area contributed by atoms with E-state index in [1.54, 1.807) is 30.5 Å². The molecule has 1 aromatic carbocycles. The Labute approximate surface area is 121 Å². The molecule has 0 spiro atoms. The third kappa shape index (κ3) is 3.74. The van der Waals surface area contributed by atoms with E-state index in [9.17, 15) is 4.79 Å². The van der Waals surface area contributed by atoms with Gasteiger partial charge in [-0.15, -0.1) is 0 Å². The molecule has 5 heteroatoms. The number of ether oxygens (including phenoxy) is 1. The quantitative estimate of drug-likeness (QED) is 0.909. The summed E-state index contributed by atoms with van der Waals surface area (Å²) in [6.07, 6.45) is 1.79. The lowest BCUT2D eigenvalue weighted by Crippen LogP contribution is -2.06. The molecule has 2 rings (SSSR count). The summed E-state index contributed by atoms with van der Waals surface area (Å²) in [5.74, 6) is -0.196. The van der Waals surface area contributed by atoms with Crippen molar-refractivity contribution in [1.82, 2.24) is 4.98 Å². The van der Waals surface area contributed by atoms with Gasteiger partial charge in [-0.3, -0.25) is 0 Å². The van der Waals surface area contributed by atoms with E-state index in [1.807, 2.05) is 26.0 Å². The lowest BCUT2D eigenvalue weighted by molar-refractivity contribution is 0.0697. The fourth-order valence-corrected chi connectivity index (χ4v) is 2.40. The molecular formula is C15H15NO3S. The van der Waals surface area contributed by atoms with E-state index in [2.05, 4.69) is 4.98 Å². The smallest absolute Gasteiger partial charge is 0.335 e. The van der Waals surface area contributed by atoms with Crippen molar-refractivity contribution in [1.29, 1.82) is 0 Å². The van der Waals surface area contributed by atoms with E-state index in [0.717, 1.165) is 15.7 Å². The van der Waals surface area contributed by atoms with E-state index in [4.69, 9.17) is 9.84 Å². The number of pyridine rings is 1. The summed E-state index contributed by atoms with van der Waals surface area (Å²) < 4.78 is 5.70. The van der Waals surface area contributed by atoms with Crippen LogP contribution >= 0.6 is 11.8 Å². The molecule has 0 atom stereocenters. The topological polar surface area (TPSA) is 59.4 Å². The summed E-state index contributed by atoms with van der Waals surface area (Å²) in [6.45, 7) is 3.92. The first-order valence-electron chi connectivity index (χ1n) is 6.19. The minimum Gasteiger partial charge on any atom is -0.488 e. The van der Waals surface area contributed by atoms with Gasteiger partial charge in [0.15, 0.2) is 5.75 Å². The summed E-state index contributed by atoms with van der Waals surface area (Å²) in [6, 6.07) is 10.4. The van der Waals surface area contributed by atoms with Crippen LogP contribution in [0.1, 0.15) is 24.2 Å². The summed E-state index contributed by atoms with van der Waals surface area (Å²) >= 11 is 1.45. The van der Waals surface area contributed by atoms with Crippen LogP contribution in [0.15, 0.2) is 52.5 Å². The van der Waals surface area contributed by atoms with Crippen LogP contribution in [0.4, 0.5) is 0 Å². The number of nitrogens with zero attached hydrogens (tertiary/aromatic N) is 1. The van der Waals surface area contributed by atoms with Gasteiger partial charge < -0.3 is 9.84 Å². The van der Waals surface area contributed by atoms with Crippen molar-refractivity contribution in [3.8, 4) is 5.75 Å². The van der Waals surface area contributed by atoms with Crippen molar-refractivity contribution in [3.63, 3.8) is 0 Å². The highest BCUT2D eigenvalue weighted by atomic mass is 32.2. The monoisotopic (exact) mass is 289 g/mol. The molecule has 2 aromatic rings. The number of hydrogen-bond donors (Lipinski definition) is 1. The van der Waals surface area contributed by atoms with Crippen LogP contribution in [-0.2, 0) is 0 Å². The van der Waals surface area contributed by atoms with Gasteiger partial charge in [0.1, 0.15) is 5.03 Å². The average molecular weight is 289 g/mol. The standard InChI is InChI=1S/C15H15NO3S/c1-10(2)19-13-4-3-9-16-14(13)20-12-7-5-11(6-8-12)15(17)18/h3-10H,1-2H3,(H,17,18). The molecule has 0 radical (unpaired) electrons. The second kappa shape index (κ2) is 6.43. The van der Waals surface area contributed by atoms with Crippen molar-refractivity contribution in [2.24, 2.45) is 0 Å². The van der Waals surface area contributed by atoms with Crippen LogP contribution in [0, 0.1) is 0 Å². The molecular weight excluding hydrogens is 274 g/mol. The molecule has 0 aliphatic heterocycles. The molecule has 0 fully saturated rings. The van der Waals surface area contributed by atoms with E-state index >= 15 is 0 Å². The van der Waals surface area contributed by atoms with Gasteiger partial charge >= 0.3 is 5.97 Å². The Morgan fingerprint density at radius 3 is 2.55 bits per heavy atom. The molecule has 1 N–H and O–H groups in total. The lowest BCUT2D eigenvalue weighted by atomic mass is 10.2. The Morgan fingerprint density at radius 1 is 1.25 bits per heavy atom. The van der Waals surface area contributed by atoms with E-state index in [-0.39, 0.29) is 11.7 Å². The SMILES string of the molecule is CC(C)Oc1cccnc1Sc1ccc(C(=O)O)cc1. The number of aromatic nitrogens is 1. The van der Waals surface area contributed by atoms with Crippen molar-refractivity contribution in [3.05, 3.63) is 48.2 Å². The summed E-state index contributed by atoms with van der Waals surface area (Å²) in [5, 5.41) is 9.64. The highest BCUT2D eigenvalue weighted by Crippen LogP contribution is 2.33. The zero-order chi connectivity index (χ0) is 14.5. The number of carbonyl (C=O) groups is 1. The van der Waals surface area contributed by atoms with Crippen LogP contribution in [0.2, 0.25) is 0 Å². The second-order valence-corrected chi connectivity index (χ2v) is 5.47. The molecule has 0 aliphatic rings. The first-order valence-corrected chi connectivity index (χ1v) is 7.01. The maximum atomic E-state index is 10.8. The van der Waals surface area contributed by atoms with Gasteiger partial charge in [0.25, 0.3) is 0 Å². The van der Waals surface area contributed by atoms with Crippen molar-refractivity contribution in [2.75, 3.05) is 0 Å². The molecule has 1 aromatic heterocycles. The zero-order valence-electron chi connectivity index (χ0n) is 11.2. The molecule has 0 aliphatic carbocycles. The van der Waals surface area contributed by atoms with Gasteiger partial charge in [-0.05, 0) is 50.2 Å². The van der Waals surface area contributed by atoms with Gasteiger partial charge in [-0.1, -0.05) is 11.8 Å². The molecule has 104 valence electrons. The first kappa shape index (κ1) is 14.4. The number of hydrogen-bond acceptors (Lipinski definition) is 4. The summed E-state index contributed by atoms with van der Waals surface area (Å²) in [4.78, 5) is 16.0. The predicted molar refractivity (Wildman–Crippen MR) is 77.5 cm³/mol. The van der Waals surface area contributed by atoms with E-state index in [1.165, 1.54) is 11.8 Å². The Morgan fingerprint density at radius 2 is 1.95 bits per heavy atom. The molecule has 0 amide bonds. The van der Waals surface area contributed by atoms with Gasteiger partial charge in [-0.2, -0.15) is 0 Å². The van der Waals surface area contributed by atoms with Crippen LogP contribution in [-0.4, -0.2) is 22.2 Å². The predicted octanol–water partition coefficient (Wildman–Crippen LogP) is 3.72. The Balaban J connectivity index is 2.19. The second-order valence-electron chi connectivity index (χ2n) is 4.40. The van der Waals surface area contributed by atoms with Crippen LogP contribution in [0.25, 0.3) is 0 Å². The van der Waals surface area contributed by atoms with Gasteiger partial charge in [0, 0.05) is 11.1 Å². The lowest BCUT2D eigenvalue weighted by Gasteiger charge is -2.12. The minimum absolute atomic E-state index is 0.0768. The number of carboxylic acids is 1. The number of benzene rings is 1. The maximum Gasteiger partial charge on any atom is 0.335 e. The molecule has 0 bridgehead atoms. The van der Waals surface area contributed by atoms with Crippen LogP contribution in [0.5, 0.6) is 5.75 Å². The van der Waals surface area contributed by atoms with Gasteiger partial charge in [0.05, 0.1) is 11.7 Å². The van der Waals surface area contributed by atoms with Crippen LogP contribution in [0.3, 0.4) is 0 Å². The minimum atomic E-state index is -0.928. The van der Waals surface area contributed by atoms with Crippen molar-refractivity contribution >= 4 is 17.7 Å². The Bertz CT molecular complexity index is 596. The largest absolute Gasteiger partial charge is 0.488 e. The number of aromatic carboxylic acids is 1. The highest BCUT2D eigenvalue weighted by molar-refractivity contribution is 7.99. The summed E-state index contributed by atoms with van der Waals surface area (Å²) in [7, 11) is 0. The van der Waals surface area contributed by atoms with E-state index in [0.29, 0.717) is 0 Å². The summed E-state index contributed by atoms with van der Waals surface area (Å²) in [5.41, 5.74) is 0.272. The van der Waals surface area contributed by atoms with Gasteiger partial charge in [-0.25, -0.2) is 9.78 Å². The van der Waals surface area contributed by atoms with Gasteiger partial charge in [0.2, 0.25) is 0 Å². The molecule has 0 saturated carbocycles. The maximum absolute atomic E-state index is 10.8. The number of carboxylic acid groups (broad SMARTS) is 1. The van der Waals surface area contributed by atoms with Crippen molar-refractivity contribution < 1.29 is 14.6 Å². The van der Waals surface area contributed by atoms with E-state index < -0.39 is 5.97 Å². The molecule has 4 nitrogen and oxygen atoms in total. The third-order valence-corrected chi connectivity index (χ3v) is 3.42. The highest BCUT2D eigenvalue weighted by Gasteiger charge is 2.09. The number of rotatable bonds is 5. The zero-order valence-corrected chi connectivity index (χ0v) is 12.1. The average Bonchev–Trinajstić information content (AvgIpc) is 2.41. The fourth-order valence-electron chi connectivity index (χ4n) is 1.57. The fraction of sp³-hybridized carbons (Fsp3) is 0.200. The van der Waals surface area contributed by atoms with Crippen molar-refractivity contribution in [2.45, 2.75) is 29.9 Å². The molecule has 0 saturated heterocycles. The normalized spacial score (nSPS) is 10.6. The Kier molecular flexibility index (Phi) is 4.63. The first-order chi connectivity index (χ1) is 9.56. The molecule has 0 unspecified atom stereocenters. The third-order valence-electron chi connectivity index (χ3n) is 2.41.